The average molecular weight is 501 g/mol. The van der Waals surface area contributed by atoms with Gasteiger partial charge in [-0.3, -0.25) is 0 Å². The lowest BCUT2D eigenvalue weighted by Crippen LogP contribution is -2.59. The monoisotopic (exact) mass is 501 g/mol. The zero-order chi connectivity index (χ0) is 20.7. The molecule has 0 heterocycles. The number of hydrogen-bond donors (Lipinski definition) is 2. The number of methoxy groups -OCH3 is 1. The highest BCUT2D eigenvalue weighted by molar-refractivity contribution is 14.1. The molecule has 1 unspecified atom stereocenters. The van der Waals surface area contributed by atoms with E-state index in [9.17, 15) is 10.2 Å². The number of fused-ring (bicyclic) bond motifs is 1. The first-order valence-electron chi connectivity index (χ1n) is 10.5. The molecule has 158 valence electrons. The summed E-state index contributed by atoms with van der Waals surface area (Å²) in [6, 6.07) is -0.122. The number of hydrogen-bond acceptors (Lipinski definition) is 4. The summed E-state index contributed by atoms with van der Waals surface area (Å²) < 4.78 is 7.57. The Kier molecular flexibility index (Phi) is 6.82. The number of allylic oxidation sites excluding steroid dienone is 5. The van der Waals surface area contributed by atoms with Gasteiger partial charge in [-0.05, 0) is 83.9 Å². The third-order valence-electron chi connectivity index (χ3n) is 7.45. The highest BCUT2D eigenvalue weighted by Crippen LogP contribution is 2.54. The maximum atomic E-state index is 11.1. The Labute approximate surface area is 183 Å². The fourth-order valence-electron chi connectivity index (χ4n) is 5.43. The molecule has 3 aliphatic carbocycles. The van der Waals surface area contributed by atoms with Crippen molar-refractivity contribution in [2.75, 3.05) is 21.2 Å². The first-order valence-corrected chi connectivity index (χ1v) is 11.6. The molecule has 1 fully saturated rings. The maximum absolute atomic E-state index is 11.1. The lowest BCUT2D eigenvalue weighted by Gasteiger charge is -2.49. The van der Waals surface area contributed by atoms with Crippen LogP contribution in [0.2, 0.25) is 0 Å². The predicted molar refractivity (Wildman–Crippen MR) is 122 cm³/mol. The molecule has 0 amide bonds. The van der Waals surface area contributed by atoms with Crippen molar-refractivity contribution in [1.29, 1.82) is 0 Å². The van der Waals surface area contributed by atoms with E-state index in [2.05, 4.69) is 54.7 Å². The minimum Gasteiger partial charge on any atom is -0.388 e. The van der Waals surface area contributed by atoms with Gasteiger partial charge < -0.3 is 19.8 Å². The van der Waals surface area contributed by atoms with E-state index in [-0.39, 0.29) is 11.5 Å². The van der Waals surface area contributed by atoms with Crippen LogP contribution in [0.4, 0.5) is 0 Å². The second kappa shape index (κ2) is 8.50. The molecule has 0 aromatic heterocycles. The van der Waals surface area contributed by atoms with Crippen LogP contribution in [0, 0.1) is 11.3 Å². The fourth-order valence-corrected chi connectivity index (χ4v) is 6.35. The molecular weight excluding hydrogens is 465 g/mol. The van der Waals surface area contributed by atoms with Crippen molar-refractivity contribution in [3.05, 3.63) is 33.0 Å². The minimum atomic E-state index is -0.899. The van der Waals surface area contributed by atoms with Crippen LogP contribution in [0.15, 0.2) is 33.0 Å². The van der Waals surface area contributed by atoms with Crippen molar-refractivity contribution in [2.24, 2.45) is 11.3 Å². The lowest BCUT2D eigenvalue weighted by molar-refractivity contribution is -0.107. The second-order valence-corrected chi connectivity index (χ2v) is 10.5. The van der Waals surface area contributed by atoms with Crippen LogP contribution < -0.4 is 0 Å². The van der Waals surface area contributed by atoms with Crippen molar-refractivity contribution in [1.82, 2.24) is 4.90 Å². The number of aliphatic hydroxyl groups is 2. The SMILES string of the molecule is CCC[C@@]1(OC)C[C@H](N(C)C)[C@@H](O)[C@H](O)/C1=C/C1=CCC2(C)C(I)=CC[C@H]2C1. The first kappa shape index (κ1) is 22.5. The van der Waals surface area contributed by atoms with Gasteiger partial charge >= 0.3 is 0 Å². The molecule has 0 saturated heterocycles. The molecule has 2 N–H and O–H groups in total. The number of rotatable bonds is 5. The van der Waals surface area contributed by atoms with Crippen LogP contribution >= 0.6 is 22.6 Å². The van der Waals surface area contributed by atoms with Gasteiger partial charge in [0.1, 0.15) is 6.10 Å². The Morgan fingerprint density at radius 2 is 2.04 bits per heavy atom. The standard InChI is InChI=1S/C23H36INO3/c1-6-10-23(28-5)14-18(25(3)4)21(27)20(26)17(23)13-15-9-11-22(2)16(12-15)7-8-19(22)24/h8-9,13,16,18,20-21,26-27H,6-7,10-12,14H2,1-5H3/b17-13-/t16-,18-,20+,21+,22?,23+/m0/s1. The molecule has 28 heavy (non-hydrogen) atoms. The van der Waals surface area contributed by atoms with Crippen LogP contribution in [-0.4, -0.2) is 60.2 Å². The molecule has 0 aromatic rings. The van der Waals surface area contributed by atoms with Gasteiger partial charge in [-0.1, -0.05) is 44.1 Å². The number of nitrogens with zero attached hydrogens (tertiary/aromatic N) is 1. The van der Waals surface area contributed by atoms with E-state index in [1.54, 1.807) is 7.11 Å². The largest absolute Gasteiger partial charge is 0.388 e. The number of aliphatic hydroxyl groups excluding tert-OH is 2. The maximum Gasteiger partial charge on any atom is 0.105 e. The summed E-state index contributed by atoms with van der Waals surface area (Å²) >= 11 is 2.50. The Morgan fingerprint density at radius 3 is 2.64 bits per heavy atom. The summed E-state index contributed by atoms with van der Waals surface area (Å²) in [4.78, 5) is 2.01. The van der Waals surface area contributed by atoms with E-state index in [0.29, 0.717) is 12.3 Å². The van der Waals surface area contributed by atoms with Gasteiger partial charge in [-0.25, -0.2) is 0 Å². The Morgan fingerprint density at radius 1 is 1.32 bits per heavy atom. The first-order chi connectivity index (χ1) is 13.2. The topological polar surface area (TPSA) is 52.9 Å². The molecular formula is C23H36INO3. The van der Waals surface area contributed by atoms with Gasteiger partial charge in [0.25, 0.3) is 0 Å². The summed E-state index contributed by atoms with van der Waals surface area (Å²) in [6.45, 7) is 4.53. The highest BCUT2D eigenvalue weighted by atomic mass is 127. The molecule has 1 saturated carbocycles. The van der Waals surface area contributed by atoms with Crippen LogP contribution in [0.1, 0.15) is 52.4 Å². The van der Waals surface area contributed by atoms with Crippen LogP contribution in [0.3, 0.4) is 0 Å². The molecule has 4 nitrogen and oxygen atoms in total. The normalized spacial score (nSPS) is 42.5. The Hall–Kier alpha value is -0.210. The highest BCUT2D eigenvalue weighted by Gasteiger charge is 2.50. The lowest BCUT2D eigenvalue weighted by atomic mass is 9.68. The molecule has 3 rings (SSSR count). The Bertz CT molecular complexity index is 685. The summed E-state index contributed by atoms with van der Waals surface area (Å²) in [5.74, 6) is 0.625. The van der Waals surface area contributed by atoms with E-state index in [1.807, 2.05) is 19.0 Å². The van der Waals surface area contributed by atoms with Crippen molar-refractivity contribution in [3.8, 4) is 0 Å². The van der Waals surface area contributed by atoms with E-state index in [1.165, 1.54) is 9.15 Å². The van der Waals surface area contributed by atoms with Crippen molar-refractivity contribution >= 4 is 22.6 Å². The van der Waals surface area contributed by atoms with Gasteiger partial charge in [0.2, 0.25) is 0 Å². The molecule has 5 heteroatoms. The number of likely N-dealkylation sites (N-methyl/N-ethyl adjacent to an activating group) is 1. The third-order valence-corrected chi connectivity index (χ3v) is 9.12. The van der Waals surface area contributed by atoms with Gasteiger partial charge in [0.05, 0.1) is 11.7 Å². The number of halogens is 1. The molecule has 3 aliphatic rings. The summed E-state index contributed by atoms with van der Waals surface area (Å²) in [5.41, 5.74) is 1.89. The van der Waals surface area contributed by atoms with Gasteiger partial charge in [0, 0.05) is 18.6 Å². The van der Waals surface area contributed by atoms with E-state index in [0.717, 1.165) is 37.7 Å². The van der Waals surface area contributed by atoms with Crippen LogP contribution in [0.5, 0.6) is 0 Å². The molecule has 0 radical (unpaired) electrons. The van der Waals surface area contributed by atoms with Crippen molar-refractivity contribution < 1.29 is 14.9 Å². The molecule has 6 atom stereocenters. The fraction of sp³-hybridized carbons (Fsp3) is 0.739. The summed E-state index contributed by atoms with van der Waals surface area (Å²) in [7, 11) is 5.66. The quantitative estimate of drug-likeness (QED) is 0.555. The smallest absolute Gasteiger partial charge is 0.105 e. The van der Waals surface area contributed by atoms with Gasteiger partial charge in [-0.15, -0.1) is 0 Å². The number of ether oxygens (including phenoxy) is 1. The molecule has 0 bridgehead atoms. The zero-order valence-corrected chi connectivity index (χ0v) is 20.1. The van der Waals surface area contributed by atoms with E-state index < -0.39 is 17.8 Å². The van der Waals surface area contributed by atoms with Gasteiger partial charge in [0.15, 0.2) is 0 Å². The summed E-state index contributed by atoms with van der Waals surface area (Å²) in [5, 5.41) is 21.9. The van der Waals surface area contributed by atoms with Crippen LogP contribution in [0.25, 0.3) is 0 Å². The van der Waals surface area contributed by atoms with Crippen LogP contribution in [-0.2, 0) is 4.74 Å². The Balaban J connectivity index is 1.95. The molecule has 0 aromatic carbocycles. The van der Waals surface area contributed by atoms with Gasteiger partial charge in [-0.2, -0.15) is 0 Å². The summed E-state index contributed by atoms with van der Waals surface area (Å²) in [6.07, 6.45) is 10.9. The zero-order valence-electron chi connectivity index (χ0n) is 17.9. The third kappa shape index (κ3) is 3.78. The minimum absolute atomic E-state index is 0.122. The second-order valence-electron chi connectivity index (χ2n) is 9.31. The van der Waals surface area contributed by atoms with E-state index in [4.69, 9.17) is 4.74 Å². The average Bonchev–Trinajstić information content (AvgIpc) is 2.96. The molecule has 0 spiro atoms. The van der Waals surface area contributed by atoms with E-state index >= 15 is 0 Å². The van der Waals surface area contributed by atoms with Crippen molar-refractivity contribution in [2.45, 2.75) is 76.2 Å². The predicted octanol–water partition coefficient (Wildman–Crippen LogP) is 4.22. The van der Waals surface area contributed by atoms with Crippen molar-refractivity contribution in [3.63, 3.8) is 0 Å². The molecule has 0 aliphatic heterocycles.